The molecule has 0 aliphatic heterocycles. The Morgan fingerprint density at radius 3 is 2.71 bits per heavy atom. The van der Waals surface area contributed by atoms with Crippen LogP contribution in [0.3, 0.4) is 0 Å². The average Bonchev–Trinajstić information content (AvgIpc) is 3.04. The number of hydrogen-bond acceptors (Lipinski definition) is 2. The van der Waals surface area contributed by atoms with Crippen molar-refractivity contribution < 1.29 is 8.78 Å². The van der Waals surface area contributed by atoms with Gasteiger partial charge in [-0.3, -0.25) is 0 Å². The number of imidazole rings is 1. The molecule has 21 heavy (non-hydrogen) atoms. The Morgan fingerprint density at radius 2 is 2.05 bits per heavy atom. The molecule has 0 saturated heterocycles. The standard InChI is InChI=1S/C14H10BrClF2N2S/c15-11-4-1-8(21-11)5-6-20-12(7-16)19-10-3-2-9(17)13(18)14(10)20/h1-4H,5-7H2. The normalized spacial score (nSPS) is 11.4. The maximum atomic E-state index is 14.1. The van der Waals surface area contributed by atoms with Gasteiger partial charge in [-0.05, 0) is 46.6 Å². The highest BCUT2D eigenvalue weighted by atomic mass is 79.9. The van der Waals surface area contributed by atoms with Gasteiger partial charge in [0.25, 0.3) is 0 Å². The highest BCUT2D eigenvalue weighted by molar-refractivity contribution is 9.11. The minimum atomic E-state index is -0.872. The van der Waals surface area contributed by atoms with Crippen molar-refractivity contribution in [2.45, 2.75) is 18.8 Å². The van der Waals surface area contributed by atoms with E-state index in [9.17, 15) is 8.78 Å². The Labute approximate surface area is 137 Å². The number of rotatable bonds is 4. The van der Waals surface area contributed by atoms with E-state index in [0.717, 1.165) is 14.7 Å². The van der Waals surface area contributed by atoms with Gasteiger partial charge < -0.3 is 4.57 Å². The summed E-state index contributed by atoms with van der Waals surface area (Å²) in [5.41, 5.74) is 0.609. The Bertz CT molecular complexity index is 800. The van der Waals surface area contributed by atoms with E-state index in [2.05, 4.69) is 20.9 Å². The van der Waals surface area contributed by atoms with Crippen LogP contribution in [0.5, 0.6) is 0 Å². The van der Waals surface area contributed by atoms with Crippen LogP contribution in [0, 0.1) is 11.6 Å². The number of alkyl halides is 1. The van der Waals surface area contributed by atoms with E-state index in [1.807, 2.05) is 12.1 Å². The summed E-state index contributed by atoms with van der Waals surface area (Å²) < 4.78 is 30.2. The SMILES string of the molecule is Fc1ccc2nc(CCl)n(CCc3ccc(Br)s3)c2c1F. The van der Waals surface area contributed by atoms with Crippen LogP contribution in [0.1, 0.15) is 10.7 Å². The van der Waals surface area contributed by atoms with Gasteiger partial charge in [-0.1, -0.05) is 0 Å². The van der Waals surface area contributed by atoms with Crippen LogP contribution in [-0.2, 0) is 18.8 Å². The molecule has 0 radical (unpaired) electrons. The quantitative estimate of drug-likeness (QED) is 0.564. The first-order valence-corrected chi connectivity index (χ1v) is 8.38. The fourth-order valence-corrected chi connectivity index (χ4v) is 3.93. The first-order valence-electron chi connectivity index (χ1n) is 6.23. The Hall–Kier alpha value is -0.980. The third kappa shape index (κ3) is 2.84. The number of aromatic nitrogens is 2. The van der Waals surface area contributed by atoms with Crippen LogP contribution in [0.4, 0.5) is 8.78 Å². The van der Waals surface area contributed by atoms with Gasteiger partial charge in [-0.2, -0.15) is 0 Å². The summed E-state index contributed by atoms with van der Waals surface area (Å²) in [5, 5.41) is 0. The molecule has 0 aliphatic rings. The second-order valence-corrected chi connectivity index (χ2v) is 7.31. The number of thiophene rings is 1. The van der Waals surface area contributed by atoms with Gasteiger partial charge in [-0.15, -0.1) is 22.9 Å². The summed E-state index contributed by atoms with van der Waals surface area (Å²) in [6.07, 6.45) is 0.710. The molecule has 110 valence electrons. The lowest BCUT2D eigenvalue weighted by Gasteiger charge is -2.07. The summed E-state index contributed by atoms with van der Waals surface area (Å²) in [4.78, 5) is 5.42. The lowest BCUT2D eigenvalue weighted by Crippen LogP contribution is -2.06. The minimum Gasteiger partial charge on any atom is -0.324 e. The second-order valence-electron chi connectivity index (χ2n) is 4.50. The van der Waals surface area contributed by atoms with Crippen molar-refractivity contribution in [3.63, 3.8) is 0 Å². The summed E-state index contributed by atoms with van der Waals surface area (Å²) in [5.74, 6) is -1.04. The summed E-state index contributed by atoms with van der Waals surface area (Å²) >= 11 is 10.9. The van der Waals surface area contributed by atoms with Gasteiger partial charge in [-0.25, -0.2) is 13.8 Å². The first-order chi connectivity index (χ1) is 10.1. The van der Waals surface area contributed by atoms with Gasteiger partial charge in [0.15, 0.2) is 11.6 Å². The Kier molecular flexibility index (Phi) is 4.28. The molecule has 0 amide bonds. The molecule has 3 aromatic rings. The van der Waals surface area contributed by atoms with Crippen molar-refractivity contribution in [3.8, 4) is 0 Å². The average molecular weight is 392 g/mol. The van der Waals surface area contributed by atoms with E-state index in [1.54, 1.807) is 15.9 Å². The van der Waals surface area contributed by atoms with Crippen LogP contribution in [0.2, 0.25) is 0 Å². The molecule has 0 spiro atoms. The van der Waals surface area contributed by atoms with Gasteiger partial charge >= 0.3 is 0 Å². The topological polar surface area (TPSA) is 17.8 Å². The number of fused-ring (bicyclic) bond motifs is 1. The monoisotopic (exact) mass is 390 g/mol. The summed E-state index contributed by atoms with van der Waals surface area (Å²) in [6, 6.07) is 6.53. The third-order valence-electron chi connectivity index (χ3n) is 3.21. The van der Waals surface area contributed by atoms with Gasteiger partial charge in [0.1, 0.15) is 11.3 Å². The predicted octanol–water partition coefficient (Wildman–Crippen LogP) is 5.12. The number of hydrogen-bond donors (Lipinski definition) is 0. The number of nitrogens with zero attached hydrogens (tertiary/aromatic N) is 2. The predicted molar refractivity (Wildman–Crippen MR) is 84.9 cm³/mol. The van der Waals surface area contributed by atoms with Crippen molar-refractivity contribution >= 4 is 49.9 Å². The van der Waals surface area contributed by atoms with Gasteiger partial charge in [0.2, 0.25) is 0 Å². The van der Waals surface area contributed by atoms with Crippen molar-refractivity contribution in [3.05, 3.63) is 50.4 Å². The van der Waals surface area contributed by atoms with Crippen LogP contribution < -0.4 is 0 Å². The lowest BCUT2D eigenvalue weighted by molar-refractivity contribution is 0.510. The second kappa shape index (κ2) is 6.02. The van der Waals surface area contributed by atoms with Crippen molar-refractivity contribution in [2.75, 3.05) is 0 Å². The molecule has 0 atom stereocenters. The largest absolute Gasteiger partial charge is 0.324 e. The van der Waals surface area contributed by atoms with Gasteiger partial charge in [0, 0.05) is 11.4 Å². The van der Waals surface area contributed by atoms with Crippen molar-refractivity contribution in [2.24, 2.45) is 0 Å². The minimum absolute atomic E-state index is 0.157. The van der Waals surface area contributed by atoms with Crippen molar-refractivity contribution in [1.82, 2.24) is 9.55 Å². The van der Waals surface area contributed by atoms with E-state index < -0.39 is 11.6 Å². The van der Waals surface area contributed by atoms with Crippen molar-refractivity contribution in [1.29, 1.82) is 0 Å². The zero-order chi connectivity index (χ0) is 15.0. The maximum absolute atomic E-state index is 14.1. The maximum Gasteiger partial charge on any atom is 0.184 e. The zero-order valence-electron chi connectivity index (χ0n) is 10.7. The highest BCUT2D eigenvalue weighted by Crippen LogP contribution is 2.26. The van der Waals surface area contributed by atoms with Gasteiger partial charge in [0.05, 0.1) is 15.2 Å². The fourth-order valence-electron chi connectivity index (χ4n) is 2.26. The Morgan fingerprint density at radius 1 is 1.24 bits per heavy atom. The summed E-state index contributed by atoms with van der Waals surface area (Å²) in [7, 11) is 0. The zero-order valence-corrected chi connectivity index (χ0v) is 13.9. The van der Waals surface area contributed by atoms with E-state index >= 15 is 0 Å². The van der Waals surface area contributed by atoms with E-state index in [0.29, 0.717) is 24.3 Å². The molecule has 2 heterocycles. The number of benzene rings is 1. The number of halogens is 4. The molecule has 3 rings (SSSR count). The van der Waals surface area contributed by atoms with Crippen LogP contribution in [-0.4, -0.2) is 9.55 Å². The van der Waals surface area contributed by atoms with E-state index in [1.165, 1.54) is 6.07 Å². The molecule has 2 aromatic heterocycles. The van der Waals surface area contributed by atoms with E-state index in [-0.39, 0.29) is 11.4 Å². The molecule has 0 fully saturated rings. The van der Waals surface area contributed by atoms with Crippen LogP contribution >= 0.6 is 38.9 Å². The van der Waals surface area contributed by atoms with Crippen LogP contribution in [0.15, 0.2) is 28.1 Å². The molecule has 0 aliphatic carbocycles. The number of aryl methyl sites for hydroxylation is 2. The highest BCUT2D eigenvalue weighted by Gasteiger charge is 2.17. The first kappa shape index (κ1) is 14.9. The smallest absolute Gasteiger partial charge is 0.184 e. The lowest BCUT2D eigenvalue weighted by atomic mass is 10.2. The molecule has 0 saturated carbocycles. The molecule has 7 heteroatoms. The molecular formula is C14H10BrClF2N2S. The van der Waals surface area contributed by atoms with E-state index in [4.69, 9.17) is 11.6 Å². The summed E-state index contributed by atoms with van der Waals surface area (Å²) in [6.45, 7) is 0.506. The molecule has 2 nitrogen and oxygen atoms in total. The molecule has 0 N–H and O–H groups in total. The molecule has 0 bridgehead atoms. The van der Waals surface area contributed by atoms with Crippen LogP contribution in [0.25, 0.3) is 11.0 Å². The molecule has 1 aromatic carbocycles. The fraction of sp³-hybridized carbons (Fsp3) is 0.214. The third-order valence-corrected chi connectivity index (χ3v) is 5.13. The Balaban J connectivity index is 2.01. The molecular weight excluding hydrogens is 382 g/mol. The molecule has 0 unspecified atom stereocenters.